The van der Waals surface area contributed by atoms with E-state index in [1.807, 2.05) is 23.9 Å². The highest BCUT2D eigenvalue weighted by atomic mass is 16.5. The number of aryl methyl sites for hydroxylation is 2. The first-order chi connectivity index (χ1) is 15.0. The van der Waals surface area contributed by atoms with E-state index in [2.05, 4.69) is 53.5 Å². The van der Waals surface area contributed by atoms with Crippen LogP contribution in [0.2, 0.25) is 0 Å². The Morgan fingerprint density at radius 1 is 1.19 bits per heavy atom. The van der Waals surface area contributed by atoms with Crippen molar-refractivity contribution < 1.29 is 4.74 Å². The van der Waals surface area contributed by atoms with E-state index in [4.69, 9.17) is 9.73 Å². The van der Waals surface area contributed by atoms with Crippen molar-refractivity contribution in [2.24, 2.45) is 12.0 Å². The number of ether oxygens (including phenoxy) is 1. The molecule has 0 bridgehead atoms. The number of hydrogen-bond acceptors (Lipinski definition) is 4. The molecule has 0 aliphatic carbocycles. The Balaban J connectivity index is 1.71. The molecule has 1 aliphatic heterocycles. The molecule has 1 atom stereocenters. The molecule has 7 nitrogen and oxygen atoms in total. The Kier molecular flexibility index (Phi) is 8.35. The van der Waals surface area contributed by atoms with Gasteiger partial charge in [0.2, 0.25) is 0 Å². The summed E-state index contributed by atoms with van der Waals surface area (Å²) in [5, 5.41) is 11.4. The van der Waals surface area contributed by atoms with E-state index in [0.717, 1.165) is 50.0 Å². The maximum atomic E-state index is 5.66. The summed E-state index contributed by atoms with van der Waals surface area (Å²) in [6.07, 6.45) is 3.42. The number of nitrogens with zero attached hydrogens (tertiary/aromatic N) is 4. The van der Waals surface area contributed by atoms with Gasteiger partial charge in [0.15, 0.2) is 5.96 Å². The van der Waals surface area contributed by atoms with Crippen LogP contribution in [0.4, 0.5) is 0 Å². The molecule has 0 spiro atoms. The second kappa shape index (κ2) is 11.2. The lowest BCUT2D eigenvalue weighted by atomic mass is 10.0. The minimum absolute atomic E-state index is 0.219. The maximum absolute atomic E-state index is 5.66. The van der Waals surface area contributed by atoms with Crippen LogP contribution in [-0.2, 0) is 13.5 Å². The second-order valence-electron chi connectivity index (χ2n) is 8.17. The summed E-state index contributed by atoms with van der Waals surface area (Å²) in [5.74, 6) is 1.80. The van der Waals surface area contributed by atoms with Crippen LogP contribution in [0, 0.1) is 13.8 Å². The SMILES string of the molecule is CCNC(=NCC(c1ccccc1OC)N1CCCC1)NCCc1c(C)nn(C)c1C. The second-order valence-corrected chi connectivity index (χ2v) is 8.17. The predicted molar refractivity (Wildman–Crippen MR) is 127 cm³/mol. The normalized spacial score (nSPS) is 15.8. The number of benzene rings is 1. The number of para-hydroxylation sites is 1. The molecule has 31 heavy (non-hydrogen) atoms. The molecule has 3 rings (SSSR count). The van der Waals surface area contributed by atoms with Gasteiger partial charge in [-0.25, -0.2) is 0 Å². The minimum Gasteiger partial charge on any atom is -0.496 e. The lowest BCUT2D eigenvalue weighted by Crippen LogP contribution is -2.39. The van der Waals surface area contributed by atoms with Crippen molar-refractivity contribution in [1.82, 2.24) is 25.3 Å². The van der Waals surface area contributed by atoms with E-state index < -0.39 is 0 Å². The molecule has 1 aliphatic rings. The lowest BCUT2D eigenvalue weighted by molar-refractivity contribution is 0.245. The molecular formula is C24H38N6O. The molecule has 1 aromatic heterocycles. The molecule has 7 heteroatoms. The largest absolute Gasteiger partial charge is 0.496 e. The number of methoxy groups -OCH3 is 1. The van der Waals surface area contributed by atoms with Gasteiger partial charge in [0.1, 0.15) is 5.75 Å². The fourth-order valence-electron chi connectivity index (χ4n) is 4.41. The molecule has 170 valence electrons. The standard InChI is InChI=1S/C24H38N6O/c1-6-25-24(26-14-13-20-18(2)28-29(4)19(20)3)27-17-22(30-15-9-10-16-30)21-11-7-8-12-23(21)31-5/h7-8,11-12,22H,6,9-10,13-17H2,1-5H3,(H2,25,26,27). The van der Waals surface area contributed by atoms with Crippen LogP contribution in [0.15, 0.2) is 29.3 Å². The molecule has 2 N–H and O–H groups in total. The monoisotopic (exact) mass is 426 g/mol. The summed E-state index contributed by atoms with van der Waals surface area (Å²) in [6.45, 7) is 10.9. The van der Waals surface area contributed by atoms with Crippen LogP contribution in [0.3, 0.4) is 0 Å². The highest BCUT2D eigenvalue weighted by Crippen LogP contribution is 2.31. The molecule has 1 unspecified atom stereocenters. The van der Waals surface area contributed by atoms with E-state index in [1.54, 1.807) is 7.11 Å². The van der Waals surface area contributed by atoms with Crippen LogP contribution >= 0.6 is 0 Å². The van der Waals surface area contributed by atoms with Crippen molar-refractivity contribution in [2.45, 2.75) is 46.1 Å². The molecule has 2 aromatic rings. The molecular weight excluding hydrogens is 388 g/mol. The predicted octanol–water partition coefficient (Wildman–Crippen LogP) is 2.98. The van der Waals surface area contributed by atoms with Gasteiger partial charge in [0, 0.05) is 31.4 Å². The zero-order chi connectivity index (χ0) is 22.2. The van der Waals surface area contributed by atoms with Crippen molar-refractivity contribution in [1.29, 1.82) is 0 Å². The number of aromatic nitrogens is 2. The van der Waals surface area contributed by atoms with Gasteiger partial charge in [0.05, 0.1) is 25.4 Å². The smallest absolute Gasteiger partial charge is 0.191 e. The first kappa shape index (κ1) is 23.1. The van der Waals surface area contributed by atoms with Gasteiger partial charge in [-0.2, -0.15) is 5.10 Å². The van der Waals surface area contributed by atoms with Crippen LogP contribution in [0.5, 0.6) is 5.75 Å². The topological polar surface area (TPSA) is 66.7 Å². The summed E-state index contributed by atoms with van der Waals surface area (Å²) in [7, 11) is 3.75. The Morgan fingerprint density at radius 2 is 1.94 bits per heavy atom. The number of aliphatic imine (C=N–C) groups is 1. The van der Waals surface area contributed by atoms with Gasteiger partial charge in [-0.1, -0.05) is 18.2 Å². The van der Waals surface area contributed by atoms with Gasteiger partial charge in [-0.15, -0.1) is 0 Å². The van der Waals surface area contributed by atoms with Gasteiger partial charge in [-0.3, -0.25) is 14.6 Å². The van der Waals surface area contributed by atoms with Gasteiger partial charge in [0.25, 0.3) is 0 Å². The third kappa shape index (κ3) is 5.79. The van der Waals surface area contributed by atoms with Crippen molar-refractivity contribution in [3.05, 3.63) is 46.8 Å². The summed E-state index contributed by atoms with van der Waals surface area (Å²) >= 11 is 0. The number of rotatable bonds is 9. The minimum atomic E-state index is 0.219. The lowest BCUT2D eigenvalue weighted by Gasteiger charge is -2.28. The highest BCUT2D eigenvalue weighted by Gasteiger charge is 2.25. The zero-order valence-electron chi connectivity index (χ0n) is 19.7. The van der Waals surface area contributed by atoms with Crippen molar-refractivity contribution in [2.75, 3.05) is 39.8 Å². The van der Waals surface area contributed by atoms with Crippen LogP contribution in [0.25, 0.3) is 0 Å². The molecule has 0 saturated carbocycles. The molecule has 1 fully saturated rings. The quantitative estimate of drug-likeness (QED) is 0.477. The van der Waals surface area contributed by atoms with E-state index in [-0.39, 0.29) is 6.04 Å². The fourth-order valence-corrected chi connectivity index (χ4v) is 4.41. The van der Waals surface area contributed by atoms with Gasteiger partial charge < -0.3 is 15.4 Å². The van der Waals surface area contributed by atoms with E-state index in [0.29, 0.717) is 6.54 Å². The van der Waals surface area contributed by atoms with Crippen LogP contribution < -0.4 is 15.4 Å². The molecule has 1 aromatic carbocycles. The van der Waals surface area contributed by atoms with Crippen molar-refractivity contribution >= 4 is 5.96 Å². The summed E-state index contributed by atoms with van der Waals surface area (Å²) in [4.78, 5) is 7.50. The Bertz CT molecular complexity index is 869. The average Bonchev–Trinajstić information content (AvgIpc) is 3.38. The fraction of sp³-hybridized carbons (Fsp3) is 0.583. The first-order valence-electron chi connectivity index (χ1n) is 11.4. The third-order valence-electron chi connectivity index (χ3n) is 6.17. The van der Waals surface area contributed by atoms with Gasteiger partial charge in [-0.05, 0) is 64.8 Å². The maximum Gasteiger partial charge on any atom is 0.191 e. The highest BCUT2D eigenvalue weighted by molar-refractivity contribution is 5.79. The van der Waals surface area contributed by atoms with Crippen molar-refractivity contribution in [3.8, 4) is 5.75 Å². The van der Waals surface area contributed by atoms with Crippen LogP contribution in [0.1, 0.15) is 48.3 Å². The van der Waals surface area contributed by atoms with E-state index >= 15 is 0 Å². The summed E-state index contributed by atoms with van der Waals surface area (Å²) in [5.41, 5.74) is 4.86. The average molecular weight is 427 g/mol. The zero-order valence-corrected chi connectivity index (χ0v) is 19.7. The number of hydrogen-bond donors (Lipinski definition) is 2. The molecule has 0 amide bonds. The molecule has 1 saturated heterocycles. The molecule has 2 heterocycles. The number of nitrogens with one attached hydrogen (secondary N) is 2. The van der Waals surface area contributed by atoms with Gasteiger partial charge >= 0.3 is 0 Å². The number of likely N-dealkylation sites (tertiary alicyclic amines) is 1. The van der Waals surface area contributed by atoms with Crippen molar-refractivity contribution in [3.63, 3.8) is 0 Å². The Morgan fingerprint density at radius 3 is 2.58 bits per heavy atom. The van der Waals surface area contributed by atoms with E-state index in [9.17, 15) is 0 Å². The first-order valence-corrected chi connectivity index (χ1v) is 11.4. The third-order valence-corrected chi connectivity index (χ3v) is 6.17. The number of guanidine groups is 1. The Labute approximate surface area is 186 Å². The summed E-state index contributed by atoms with van der Waals surface area (Å²) in [6, 6.07) is 8.56. The van der Waals surface area contributed by atoms with E-state index in [1.165, 1.54) is 29.7 Å². The molecule has 0 radical (unpaired) electrons. The van der Waals surface area contributed by atoms with Crippen LogP contribution in [-0.4, -0.2) is 60.5 Å². The Hall–Kier alpha value is -2.54. The summed E-state index contributed by atoms with van der Waals surface area (Å²) < 4.78 is 7.62.